The van der Waals surface area contributed by atoms with Crippen LogP contribution in [0.2, 0.25) is 0 Å². The molecule has 0 saturated carbocycles. The Morgan fingerprint density at radius 3 is 2.44 bits per heavy atom. The lowest BCUT2D eigenvalue weighted by Gasteiger charge is -2.10. The third-order valence-electron chi connectivity index (χ3n) is 4.08. The minimum absolute atomic E-state index is 0.296. The second kappa shape index (κ2) is 8.71. The van der Waals surface area contributed by atoms with E-state index in [4.69, 9.17) is 0 Å². The maximum atomic E-state index is 12.5. The standard InChI is InChI=1S/C21H20N4O2/c1-2-16-7-3-4-8-19(16)25-21(27)18-10-17(13-23-14-18)20(26)24-12-15-6-5-9-22-11-15/h3-11,13-14H,2,12H2,1H3,(H,24,26)(H,25,27). The molecule has 2 aromatic heterocycles. The van der Waals surface area contributed by atoms with Gasteiger partial charge in [-0.25, -0.2) is 0 Å². The summed E-state index contributed by atoms with van der Waals surface area (Å²) in [5.41, 5.74) is 3.36. The number of aromatic nitrogens is 2. The third-order valence-corrected chi connectivity index (χ3v) is 4.08. The van der Waals surface area contributed by atoms with E-state index in [2.05, 4.69) is 20.6 Å². The first-order chi connectivity index (χ1) is 13.2. The molecule has 0 bridgehead atoms. The molecule has 0 atom stereocenters. The Balaban J connectivity index is 1.69. The van der Waals surface area contributed by atoms with Crippen molar-refractivity contribution in [2.75, 3.05) is 5.32 Å². The summed E-state index contributed by atoms with van der Waals surface area (Å²) >= 11 is 0. The molecule has 0 aliphatic heterocycles. The van der Waals surface area contributed by atoms with Crippen LogP contribution < -0.4 is 10.6 Å². The number of carbonyl (C=O) groups is 2. The zero-order chi connectivity index (χ0) is 19.1. The number of aryl methyl sites for hydroxylation is 1. The lowest BCUT2D eigenvalue weighted by Crippen LogP contribution is -2.23. The minimum Gasteiger partial charge on any atom is -0.348 e. The summed E-state index contributed by atoms with van der Waals surface area (Å²) in [6.07, 6.45) is 7.06. The second-order valence-corrected chi connectivity index (χ2v) is 5.97. The molecule has 0 spiro atoms. The molecule has 0 aliphatic rings. The molecule has 0 saturated heterocycles. The van der Waals surface area contributed by atoms with Gasteiger partial charge in [0.2, 0.25) is 0 Å². The molecule has 2 heterocycles. The van der Waals surface area contributed by atoms with Crippen molar-refractivity contribution in [1.29, 1.82) is 0 Å². The summed E-state index contributed by atoms with van der Waals surface area (Å²) < 4.78 is 0. The molecule has 3 rings (SSSR count). The van der Waals surface area contributed by atoms with Crippen molar-refractivity contribution in [3.05, 3.63) is 89.5 Å². The quantitative estimate of drug-likeness (QED) is 0.707. The summed E-state index contributed by atoms with van der Waals surface area (Å²) in [6, 6.07) is 12.8. The summed E-state index contributed by atoms with van der Waals surface area (Å²) in [5, 5.41) is 5.68. The maximum absolute atomic E-state index is 12.5. The van der Waals surface area contributed by atoms with Gasteiger partial charge >= 0.3 is 0 Å². The van der Waals surface area contributed by atoms with E-state index in [0.717, 1.165) is 23.2 Å². The lowest BCUT2D eigenvalue weighted by atomic mass is 10.1. The number of rotatable bonds is 6. The van der Waals surface area contributed by atoms with E-state index in [1.165, 1.54) is 18.5 Å². The van der Waals surface area contributed by atoms with Gasteiger partial charge in [-0.05, 0) is 35.7 Å². The molecule has 136 valence electrons. The first-order valence-corrected chi connectivity index (χ1v) is 8.68. The van der Waals surface area contributed by atoms with E-state index >= 15 is 0 Å². The Hall–Kier alpha value is -3.54. The van der Waals surface area contributed by atoms with Gasteiger partial charge in [0, 0.05) is 37.0 Å². The molecule has 0 aliphatic carbocycles. The van der Waals surface area contributed by atoms with Crippen LogP contribution in [0.5, 0.6) is 0 Å². The number of pyridine rings is 2. The van der Waals surface area contributed by atoms with Crippen LogP contribution >= 0.6 is 0 Å². The summed E-state index contributed by atoms with van der Waals surface area (Å²) in [5.74, 6) is -0.597. The number of amides is 2. The molecule has 2 N–H and O–H groups in total. The van der Waals surface area contributed by atoms with Crippen molar-refractivity contribution in [1.82, 2.24) is 15.3 Å². The fourth-order valence-electron chi connectivity index (χ4n) is 2.62. The topological polar surface area (TPSA) is 84.0 Å². The number of hydrogen-bond donors (Lipinski definition) is 2. The third kappa shape index (κ3) is 4.76. The molecule has 1 aromatic carbocycles. The Bertz CT molecular complexity index is 942. The van der Waals surface area contributed by atoms with Crippen LogP contribution in [0.1, 0.15) is 38.8 Å². The Kier molecular flexibility index (Phi) is 5.89. The highest BCUT2D eigenvalue weighted by Gasteiger charge is 2.12. The van der Waals surface area contributed by atoms with Gasteiger partial charge in [-0.1, -0.05) is 31.2 Å². The highest BCUT2D eigenvalue weighted by Crippen LogP contribution is 2.16. The smallest absolute Gasteiger partial charge is 0.257 e. The van der Waals surface area contributed by atoms with Gasteiger partial charge in [0.25, 0.3) is 11.8 Å². The van der Waals surface area contributed by atoms with Crippen molar-refractivity contribution < 1.29 is 9.59 Å². The van der Waals surface area contributed by atoms with Gasteiger partial charge in [-0.3, -0.25) is 19.6 Å². The van der Waals surface area contributed by atoms with Gasteiger partial charge in [0.15, 0.2) is 0 Å². The molecule has 0 unspecified atom stereocenters. The fraction of sp³-hybridized carbons (Fsp3) is 0.143. The number of nitrogens with one attached hydrogen (secondary N) is 2. The minimum atomic E-state index is -0.301. The molecule has 0 fully saturated rings. The SMILES string of the molecule is CCc1ccccc1NC(=O)c1cncc(C(=O)NCc2cccnc2)c1. The van der Waals surface area contributed by atoms with Crippen molar-refractivity contribution in [3.63, 3.8) is 0 Å². The van der Waals surface area contributed by atoms with Crippen LogP contribution in [0.15, 0.2) is 67.3 Å². The van der Waals surface area contributed by atoms with Crippen LogP contribution in [-0.2, 0) is 13.0 Å². The predicted octanol–water partition coefficient (Wildman–Crippen LogP) is 3.22. The number of hydrogen-bond acceptors (Lipinski definition) is 4. The van der Waals surface area contributed by atoms with Crippen LogP contribution in [0, 0.1) is 0 Å². The maximum Gasteiger partial charge on any atom is 0.257 e. The van der Waals surface area contributed by atoms with Crippen molar-refractivity contribution in [3.8, 4) is 0 Å². The average Bonchev–Trinajstić information content (AvgIpc) is 2.73. The second-order valence-electron chi connectivity index (χ2n) is 5.97. The zero-order valence-electron chi connectivity index (χ0n) is 15.0. The molecule has 27 heavy (non-hydrogen) atoms. The van der Waals surface area contributed by atoms with E-state index in [1.54, 1.807) is 12.4 Å². The first-order valence-electron chi connectivity index (χ1n) is 8.68. The van der Waals surface area contributed by atoms with Gasteiger partial charge in [0.05, 0.1) is 11.1 Å². The van der Waals surface area contributed by atoms with Crippen LogP contribution in [0.25, 0.3) is 0 Å². The van der Waals surface area contributed by atoms with Gasteiger partial charge in [0.1, 0.15) is 0 Å². The summed E-state index contributed by atoms with van der Waals surface area (Å²) in [6.45, 7) is 2.38. The number of benzene rings is 1. The van der Waals surface area contributed by atoms with Crippen molar-refractivity contribution >= 4 is 17.5 Å². The summed E-state index contributed by atoms with van der Waals surface area (Å²) in [7, 11) is 0. The predicted molar refractivity (Wildman–Crippen MR) is 103 cm³/mol. The van der Waals surface area contributed by atoms with Crippen molar-refractivity contribution in [2.24, 2.45) is 0 Å². The number of carbonyl (C=O) groups excluding carboxylic acids is 2. The first kappa shape index (κ1) is 18.3. The zero-order valence-corrected chi connectivity index (χ0v) is 15.0. The number of nitrogens with zero attached hydrogens (tertiary/aromatic N) is 2. The highest BCUT2D eigenvalue weighted by atomic mass is 16.2. The Morgan fingerprint density at radius 1 is 0.926 bits per heavy atom. The molecule has 2 amide bonds. The molecular weight excluding hydrogens is 340 g/mol. The Labute approximate surface area is 157 Å². The van der Waals surface area contributed by atoms with E-state index in [1.807, 2.05) is 43.3 Å². The normalized spacial score (nSPS) is 10.3. The fourth-order valence-corrected chi connectivity index (χ4v) is 2.62. The van der Waals surface area contributed by atoms with E-state index in [-0.39, 0.29) is 11.8 Å². The molecular formula is C21H20N4O2. The lowest BCUT2D eigenvalue weighted by molar-refractivity contribution is 0.0950. The highest BCUT2D eigenvalue weighted by molar-refractivity contribution is 6.06. The average molecular weight is 360 g/mol. The molecule has 6 nitrogen and oxygen atoms in total. The monoisotopic (exact) mass is 360 g/mol. The van der Waals surface area contributed by atoms with Crippen LogP contribution in [-0.4, -0.2) is 21.8 Å². The van der Waals surface area contributed by atoms with E-state index < -0.39 is 0 Å². The molecule has 3 aromatic rings. The van der Waals surface area contributed by atoms with Crippen molar-refractivity contribution in [2.45, 2.75) is 19.9 Å². The van der Waals surface area contributed by atoms with E-state index in [9.17, 15) is 9.59 Å². The number of para-hydroxylation sites is 1. The summed E-state index contributed by atoms with van der Waals surface area (Å²) in [4.78, 5) is 32.9. The van der Waals surface area contributed by atoms with Gasteiger partial charge in [-0.15, -0.1) is 0 Å². The number of anilines is 1. The van der Waals surface area contributed by atoms with Gasteiger partial charge < -0.3 is 10.6 Å². The van der Waals surface area contributed by atoms with Gasteiger partial charge in [-0.2, -0.15) is 0 Å². The molecule has 6 heteroatoms. The largest absolute Gasteiger partial charge is 0.348 e. The Morgan fingerprint density at radius 2 is 1.70 bits per heavy atom. The van der Waals surface area contributed by atoms with Crippen LogP contribution in [0.3, 0.4) is 0 Å². The van der Waals surface area contributed by atoms with E-state index in [0.29, 0.717) is 17.7 Å². The molecule has 0 radical (unpaired) electrons. The van der Waals surface area contributed by atoms with Crippen LogP contribution in [0.4, 0.5) is 5.69 Å².